The van der Waals surface area contributed by atoms with Crippen LogP contribution in [0.15, 0.2) is 11.6 Å². The van der Waals surface area contributed by atoms with Gasteiger partial charge in [-0.05, 0) is 51.2 Å². The van der Waals surface area contributed by atoms with Crippen LogP contribution < -0.4 is 5.32 Å². The number of aliphatic carboxylic acids is 1. The Morgan fingerprint density at radius 1 is 1.17 bits per heavy atom. The summed E-state index contributed by atoms with van der Waals surface area (Å²) in [5, 5.41) is 12.2. The smallest absolute Gasteiger partial charge is 0.331 e. The van der Waals surface area contributed by atoms with Gasteiger partial charge in [0.2, 0.25) is 11.8 Å². The maximum Gasteiger partial charge on any atom is 0.331 e. The summed E-state index contributed by atoms with van der Waals surface area (Å²) < 4.78 is 0. The molecule has 166 valence electrons. The van der Waals surface area contributed by atoms with E-state index in [1.165, 1.54) is 6.92 Å². The third-order valence-corrected chi connectivity index (χ3v) is 5.72. The third-order valence-electron chi connectivity index (χ3n) is 5.72. The van der Waals surface area contributed by atoms with Crippen molar-refractivity contribution < 1.29 is 19.5 Å². The van der Waals surface area contributed by atoms with Crippen LogP contribution in [0.25, 0.3) is 0 Å². The van der Waals surface area contributed by atoms with E-state index in [2.05, 4.69) is 10.2 Å². The van der Waals surface area contributed by atoms with Gasteiger partial charge in [-0.25, -0.2) is 4.79 Å². The standard InChI is InChI=1S/C22H39N3O4/c1-14(2)17(13-15(3)21(28)29)25(8)20(27)18(22(4,5)6)23-19(26)16-9-11-24(7)12-10-16/h13-14,16-18H,9-12H2,1-8H3,(H,23,26)(H,28,29)/b15-13+. The maximum atomic E-state index is 13.4. The number of carboxylic acids is 1. The summed E-state index contributed by atoms with van der Waals surface area (Å²) in [7, 11) is 3.72. The third kappa shape index (κ3) is 7.14. The van der Waals surface area contributed by atoms with Gasteiger partial charge in [0.05, 0.1) is 6.04 Å². The van der Waals surface area contributed by atoms with Gasteiger partial charge in [-0.15, -0.1) is 0 Å². The number of hydrogen-bond acceptors (Lipinski definition) is 4. The molecule has 0 radical (unpaired) electrons. The van der Waals surface area contributed by atoms with Crippen LogP contribution in [0, 0.1) is 17.3 Å². The van der Waals surface area contributed by atoms with E-state index in [4.69, 9.17) is 0 Å². The summed E-state index contributed by atoms with van der Waals surface area (Å²) in [6.45, 7) is 13.0. The van der Waals surface area contributed by atoms with E-state index in [0.29, 0.717) is 0 Å². The van der Waals surface area contributed by atoms with Gasteiger partial charge in [0.15, 0.2) is 0 Å². The van der Waals surface area contributed by atoms with Gasteiger partial charge < -0.3 is 20.2 Å². The van der Waals surface area contributed by atoms with Gasteiger partial charge >= 0.3 is 5.97 Å². The summed E-state index contributed by atoms with van der Waals surface area (Å²) in [5.74, 6) is -1.32. The minimum Gasteiger partial charge on any atom is -0.478 e. The normalized spacial score (nSPS) is 19.0. The topological polar surface area (TPSA) is 90.0 Å². The fraction of sp³-hybridized carbons (Fsp3) is 0.773. The summed E-state index contributed by atoms with van der Waals surface area (Å²) in [6, 6.07) is -1.05. The average Bonchev–Trinajstić information content (AvgIpc) is 2.61. The predicted molar refractivity (Wildman–Crippen MR) is 114 cm³/mol. The number of carboxylic acid groups (broad SMARTS) is 1. The van der Waals surface area contributed by atoms with Crippen LogP contribution in [0.1, 0.15) is 54.4 Å². The lowest BCUT2D eigenvalue weighted by atomic mass is 9.84. The molecule has 29 heavy (non-hydrogen) atoms. The molecule has 0 aliphatic carbocycles. The Morgan fingerprint density at radius 2 is 1.69 bits per heavy atom. The summed E-state index contributed by atoms with van der Waals surface area (Å²) in [4.78, 5) is 41.3. The van der Waals surface area contributed by atoms with Gasteiger partial charge in [-0.3, -0.25) is 9.59 Å². The number of nitrogens with one attached hydrogen (secondary N) is 1. The number of likely N-dealkylation sites (tertiary alicyclic amines) is 1. The molecule has 2 atom stereocenters. The summed E-state index contributed by atoms with van der Waals surface area (Å²) in [5.41, 5.74) is -0.273. The second-order valence-electron chi connectivity index (χ2n) is 9.72. The number of piperidine rings is 1. The Morgan fingerprint density at radius 3 is 2.10 bits per heavy atom. The number of likely N-dealkylation sites (N-methyl/N-ethyl adjacent to an activating group) is 1. The van der Waals surface area contributed by atoms with Crippen LogP contribution >= 0.6 is 0 Å². The predicted octanol–water partition coefficient (Wildman–Crippen LogP) is 2.37. The second-order valence-corrected chi connectivity index (χ2v) is 9.72. The van der Waals surface area contributed by atoms with Gasteiger partial charge in [-0.1, -0.05) is 40.7 Å². The zero-order valence-electron chi connectivity index (χ0n) is 19.3. The van der Waals surface area contributed by atoms with Crippen molar-refractivity contribution in [3.63, 3.8) is 0 Å². The first kappa shape index (κ1) is 25.1. The second kappa shape index (κ2) is 10.2. The Hall–Kier alpha value is -1.89. The van der Waals surface area contributed by atoms with Gasteiger partial charge in [0.1, 0.15) is 6.04 Å². The number of carbonyl (C=O) groups excluding carboxylic acids is 2. The van der Waals surface area contributed by atoms with Crippen LogP contribution in [-0.2, 0) is 14.4 Å². The van der Waals surface area contributed by atoms with Crippen LogP contribution in [0.2, 0.25) is 0 Å². The number of rotatable bonds is 7. The largest absolute Gasteiger partial charge is 0.478 e. The Bertz CT molecular complexity index is 628. The van der Waals surface area contributed by atoms with E-state index >= 15 is 0 Å². The first-order valence-electron chi connectivity index (χ1n) is 10.4. The van der Waals surface area contributed by atoms with Crippen LogP contribution in [-0.4, -0.2) is 72.0 Å². The van der Waals surface area contributed by atoms with Gasteiger partial charge in [-0.2, -0.15) is 0 Å². The highest BCUT2D eigenvalue weighted by Crippen LogP contribution is 2.25. The van der Waals surface area contributed by atoms with Gasteiger partial charge in [0, 0.05) is 18.5 Å². The van der Waals surface area contributed by atoms with Crippen molar-refractivity contribution in [1.82, 2.24) is 15.1 Å². The zero-order valence-corrected chi connectivity index (χ0v) is 19.3. The molecular formula is C22H39N3O4. The van der Waals surface area contributed by atoms with E-state index in [-0.39, 0.29) is 35.3 Å². The van der Waals surface area contributed by atoms with Crippen LogP contribution in [0.3, 0.4) is 0 Å². The summed E-state index contributed by atoms with van der Waals surface area (Å²) >= 11 is 0. The lowest BCUT2D eigenvalue weighted by Gasteiger charge is -2.38. The molecule has 0 bridgehead atoms. The molecule has 2 unspecified atom stereocenters. The molecule has 2 N–H and O–H groups in total. The average molecular weight is 410 g/mol. The van der Waals surface area contributed by atoms with E-state index in [1.807, 2.05) is 41.7 Å². The molecule has 1 aliphatic rings. The minimum absolute atomic E-state index is 0.0310. The van der Waals surface area contributed by atoms with Crippen molar-refractivity contribution in [3.8, 4) is 0 Å². The number of hydrogen-bond donors (Lipinski definition) is 2. The molecule has 7 nitrogen and oxygen atoms in total. The molecule has 2 amide bonds. The van der Waals surface area contributed by atoms with Gasteiger partial charge in [0.25, 0.3) is 0 Å². The minimum atomic E-state index is -1.00. The van der Waals surface area contributed by atoms with E-state index < -0.39 is 17.4 Å². The molecule has 0 spiro atoms. The first-order chi connectivity index (χ1) is 13.3. The van der Waals surface area contributed by atoms with E-state index in [0.717, 1.165) is 25.9 Å². The highest BCUT2D eigenvalue weighted by molar-refractivity contribution is 5.90. The van der Waals surface area contributed by atoms with Crippen molar-refractivity contribution in [2.75, 3.05) is 27.2 Å². The molecular weight excluding hydrogens is 370 g/mol. The molecule has 7 heteroatoms. The van der Waals surface area contributed by atoms with Crippen LogP contribution in [0.5, 0.6) is 0 Å². The van der Waals surface area contributed by atoms with Crippen molar-refractivity contribution in [2.45, 2.75) is 66.5 Å². The highest BCUT2D eigenvalue weighted by atomic mass is 16.4. The highest BCUT2D eigenvalue weighted by Gasteiger charge is 2.38. The van der Waals surface area contributed by atoms with Crippen molar-refractivity contribution in [2.24, 2.45) is 17.3 Å². The number of amides is 2. The van der Waals surface area contributed by atoms with Crippen LogP contribution in [0.4, 0.5) is 0 Å². The SMILES string of the molecule is C/C(=C\C(C(C)C)N(C)C(=O)C(NC(=O)C1CCN(C)CC1)C(C)(C)C)C(=O)O. The van der Waals surface area contributed by atoms with Crippen molar-refractivity contribution in [3.05, 3.63) is 11.6 Å². The van der Waals surface area contributed by atoms with Crippen molar-refractivity contribution >= 4 is 17.8 Å². The molecule has 0 aromatic carbocycles. The molecule has 1 fully saturated rings. The fourth-order valence-corrected chi connectivity index (χ4v) is 3.61. The lowest BCUT2D eigenvalue weighted by Crippen LogP contribution is -2.57. The maximum absolute atomic E-state index is 13.4. The number of nitrogens with zero attached hydrogens (tertiary/aromatic N) is 2. The van der Waals surface area contributed by atoms with E-state index in [9.17, 15) is 19.5 Å². The van der Waals surface area contributed by atoms with Crippen molar-refractivity contribution in [1.29, 1.82) is 0 Å². The molecule has 1 saturated heterocycles. The molecule has 0 aromatic heterocycles. The quantitative estimate of drug-likeness (QED) is 0.630. The lowest BCUT2D eigenvalue weighted by molar-refractivity contribution is -0.141. The summed E-state index contributed by atoms with van der Waals surface area (Å²) in [6.07, 6.45) is 3.19. The molecule has 1 heterocycles. The molecule has 0 saturated carbocycles. The Kier molecular flexibility index (Phi) is 8.87. The molecule has 0 aromatic rings. The first-order valence-corrected chi connectivity index (χ1v) is 10.4. The monoisotopic (exact) mass is 409 g/mol. The fourth-order valence-electron chi connectivity index (χ4n) is 3.61. The zero-order chi connectivity index (χ0) is 22.5. The van der Waals surface area contributed by atoms with E-state index in [1.54, 1.807) is 18.0 Å². The number of carbonyl (C=O) groups is 3. The Labute approximate surface area is 175 Å². The Balaban J connectivity index is 3.04. The molecule has 1 rings (SSSR count). The molecule has 1 aliphatic heterocycles.